The Morgan fingerprint density at radius 2 is 2.06 bits per heavy atom. The standard InChI is InChI=1S/C20H21ClN6O4/c1-9(28)16-14(29)15(30)20(31-16)27-8-23-13-18(24-12-3-2-4-12)25-17(26-19(13)27)10-5-11(21)7-22-6-10/h5-8,12,14-16,20,29-30H,2-4H2,1H3,(H,24,25,26)/t14-,15+,16+,20+/m0/s1. The molecule has 162 valence electrons. The Bertz CT molecular complexity index is 1150. The zero-order valence-electron chi connectivity index (χ0n) is 16.6. The van der Waals surface area contributed by atoms with E-state index in [1.54, 1.807) is 12.3 Å². The molecule has 1 aliphatic carbocycles. The minimum atomic E-state index is -1.34. The molecule has 0 amide bonds. The highest BCUT2D eigenvalue weighted by Crippen LogP contribution is 2.34. The van der Waals surface area contributed by atoms with Gasteiger partial charge in [0.2, 0.25) is 0 Å². The first-order chi connectivity index (χ1) is 14.9. The van der Waals surface area contributed by atoms with E-state index < -0.39 is 24.5 Å². The first-order valence-electron chi connectivity index (χ1n) is 10.1. The van der Waals surface area contributed by atoms with Crippen LogP contribution in [-0.4, -0.2) is 64.9 Å². The SMILES string of the molecule is CC(=O)[C@H]1O[C@@H](n2cnc3c(NC4CCC4)nc(-c4cncc(Cl)c4)nc32)[C@H](O)[C@@H]1O. The van der Waals surface area contributed by atoms with Crippen molar-refractivity contribution in [3.05, 3.63) is 29.8 Å². The van der Waals surface area contributed by atoms with Gasteiger partial charge in [-0.15, -0.1) is 0 Å². The predicted molar refractivity (Wildman–Crippen MR) is 111 cm³/mol. The molecule has 2 fully saturated rings. The number of ether oxygens (including phenoxy) is 1. The third-order valence-electron chi connectivity index (χ3n) is 5.74. The summed E-state index contributed by atoms with van der Waals surface area (Å²) in [6.45, 7) is 1.31. The lowest BCUT2D eigenvalue weighted by molar-refractivity contribution is -0.133. The number of imidazole rings is 1. The molecule has 1 saturated heterocycles. The summed E-state index contributed by atoms with van der Waals surface area (Å²) in [5.74, 6) is 0.563. The molecule has 3 aromatic heterocycles. The molecular weight excluding hydrogens is 424 g/mol. The van der Waals surface area contributed by atoms with E-state index in [0.717, 1.165) is 19.3 Å². The first kappa shape index (κ1) is 20.3. The van der Waals surface area contributed by atoms with Gasteiger partial charge < -0.3 is 20.3 Å². The number of carbonyl (C=O) groups excluding carboxylic acids is 1. The molecule has 1 saturated carbocycles. The molecular formula is C20H21ClN6O4. The van der Waals surface area contributed by atoms with Crippen LogP contribution in [0, 0.1) is 0 Å². The maximum absolute atomic E-state index is 11.8. The van der Waals surface area contributed by atoms with Gasteiger partial charge in [0.15, 0.2) is 34.8 Å². The largest absolute Gasteiger partial charge is 0.387 e. The van der Waals surface area contributed by atoms with Crippen molar-refractivity contribution < 1.29 is 19.7 Å². The number of nitrogens with one attached hydrogen (secondary N) is 1. The van der Waals surface area contributed by atoms with Crippen molar-refractivity contribution in [1.29, 1.82) is 0 Å². The van der Waals surface area contributed by atoms with Crippen LogP contribution in [0.4, 0.5) is 5.82 Å². The van der Waals surface area contributed by atoms with Gasteiger partial charge in [-0.1, -0.05) is 11.6 Å². The van der Waals surface area contributed by atoms with Crippen LogP contribution < -0.4 is 5.32 Å². The quantitative estimate of drug-likeness (QED) is 0.537. The number of aliphatic hydroxyl groups excluding tert-OH is 2. The van der Waals surface area contributed by atoms with E-state index in [0.29, 0.717) is 39.4 Å². The molecule has 4 heterocycles. The summed E-state index contributed by atoms with van der Waals surface area (Å²) < 4.78 is 7.19. The summed E-state index contributed by atoms with van der Waals surface area (Å²) in [6.07, 6.45) is 3.02. The number of hydrogen-bond acceptors (Lipinski definition) is 9. The number of hydrogen-bond donors (Lipinski definition) is 3. The van der Waals surface area contributed by atoms with E-state index in [1.165, 1.54) is 24.0 Å². The van der Waals surface area contributed by atoms with E-state index >= 15 is 0 Å². The molecule has 1 aliphatic heterocycles. The van der Waals surface area contributed by atoms with Gasteiger partial charge in [0.1, 0.15) is 18.3 Å². The molecule has 31 heavy (non-hydrogen) atoms. The molecule has 0 radical (unpaired) electrons. The second-order valence-electron chi connectivity index (χ2n) is 7.92. The lowest BCUT2D eigenvalue weighted by Gasteiger charge is -2.27. The Kier molecular flexibility index (Phi) is 5.09. The fraction of sp³-hybridized carbons (Fsp3) is 0.450. The van der Waals surface area contributed by atoms with E-state index in [1.807, 2.05) is 0 Å². The topological polar surface area (TPSA) is 135 Å². The molecule has 2 aliphatic rings. The van der Waals surface area contributed by atoms with Crippen molar-refractivity contribution in [2.45, 2.75) is 56.8 Å². The molecule has 4 atom stereocenters. The van der Waals surface area contributed by atoms with Crippen molar-refractivity contribution in [1.82, 2.24) is 24.5 Å². The van der Waals surface area contributed by atoms with Gasteiger partial charge in [-0.2, -0.15) is 0 Å². The smallest absolute Gasteiger partial charge is 0.168 e. The van der Waals surface area contributed by atoms with Gasteiger partial charge in [-0.25, -0.2) is 15.0 Å². The van der Waals surface area contributed by atoms with Crippen LogP contribution in [0.3, 0.4) is 0 Å². The maximum atomic E-state index is 11.8. The molecule has 5 rings (SSSR count). The molecule has 10 nitrogen and oxygen atoms in total. The van der Waals surface area contributed by atoms with E-state index in [2.05, 4.69) is 25.3 Å². The highest BCUT2D eigenvalue weighted by molar-refractivity contribution is 6.30. The van der Waals surface area contributed by atoms with Crippen molar-refractivity contribution in [2.24, 2.45) is 0 Å². The summed E-state index contributed by atoms with van der Waals surface area (Å²) >= 11 is 6.10. The number of fused-ring (bicyclic) bond motifs is 1. The van der Waals surface area contributed by atoms with Gasteiger partial charge in [-0.05, 0) is 32.3 Å². The monoisotopic (exact) mass is 444 g/mol. The van der Waals surface area contributed by atoms with Crippen molar-refractivity contribution >= 4 is 34.4 Å². The second-order valence-corrected chi connectivity index (χ2v) is 8.36. The maximum Gasteiger partial charge on any atom is 0.168 e. The molecule has 3 N–H and O–H groups in total. The molecule has 0 aromatic carbocycles. The van der Waals surface area contributed by atoms with Gasteiger partial charge in [-0.3, -0.25) is 14.3 Å². The number of Topliss-reactive ketones (excluding diaryl/α,β-unsaturated/α-hetero) is 1. The van der Waals surface area contributed by atoms with Crippen LogP contribution >= 0.6 is 11.6 Å². The highest BCUT2D eigenvalue weighted by Gasteiger charge is 2.46. The minimum Gasteiger partial charge on any atom is -0.387 e. The van der Waals surface area contributed by atoms with E-state index in [9.17, 15) is 15.0 Å². The van der Waals surface area contributed by atoms with Crippen LogP contribution in [-0.2, 0) is 9.53 Å². The van der Waals surface area contributed by atoms with Crippen LogP contribution in [0.5, 0.6) is 0 Å². The Hall–Kier alpha value is -2.66. The molecule has 0 spiro atoms. The number of nitrogens with zero attached hydrogens (tertiary/aromatic N) is 5. The summed E-state index contributed by atoms with van der Waals surface area (Å²) in [6, 6.07) is 2.01. The van der Waals surface area contributed by atoms with Crippen LogP contribution in [0.1, 0.15) is 32.4 Å². The minimum absolute atomic E-state index is 0.297. The van der Waals surface area contributed by atoms with Crippen molar-refractivity contribution in [3.8, 4) is 11.4 Å². The Balaban J connectivity index is 1.62. The summed E-state index contributed by atoms with van der Waals surface area (Å²) in [5.41, 5.74) is 1.52. The zero-order chi connectivity index (χ0) is 21.7. The number of ketones is 1. The predicted octanol–water partition coefficient (Wildman–Crippen LogP) is 1.71. The number of aromatic nitrogens is 5. The lowest BCUT2D eigenvalue weighted by atomic mass is 9.93. The zero-order valence-corrected chi connectivity index (χ0v) is 17.4. The average Bonchev–Trinajstić information content (AvgIpc) is 3.26. The molecule has 0 unspecified atom stereocenters. The number of anilines is 1. The lowest BCUT2D eigenvalue weighted by Crippen LogP contribution is -2.34. The number of pyridine rings is 1. The van der Waals surface area contributed by atoms with Crippen molar-refractivity contribution in [3.63, 3.8) is 0 Å². The molecule has 11 heteroatoms. The molecule has 3 aromatic rings. The summed E-state index contributed by atoms with van der Waals surface area (Å²) in [4.78, 5) is 29.6. The average molecular weight is 445 g/mol. The van der Waals surface area contributed by atoms with E-state index in [-0.39, 0.29) is 5.78 Å². The summed E-state index contributed by atoms with van der Waals surface area (Å²) in [5, 5.41) is 24.6. The Morgan fingerprint density at radius 1 is 1.26 bits per heavy atom. The van der Waals surface area contributed by atoms with Gasteiger partial charge in [0.25, 0.3) is 0 Å². The Labute approximate surface area is 182 Å². The number of carbonyl (C=O) groups is 1. The molecule has 0 bridgehead atoms. The highest BCUT2D eigenvalue weighted by atomic mass is 35.5. The van der Waals surface area contributed by atoms with Gasteiger partial charge >= 0.3 is 0 Å². The van der Waals surface area contributed by atoms with Gasteiger partial charge in [0, 0.05) is 24.0 Å². The van der Waals surface area contributed by atoms with Crippen LogP contribution in [0.25, 0.3) is 22.6 Å². The second kappa shape index (κ2) is 7.79. The van der Waals surface area contributed by atoms with Crippen LogP contribution in [0.15, 0.2) is 24.8 Å². The fourth-order valence-electron chi connectivity index (χ4n) is 3.84. The van der Waals surface area contributed by atoms with Crippen molar-refractivity contribution in [2.75, 3.05) is 5.32 Å². The van der Waals surface area contributed by atoms with Crippen LogP contribution in [0.2, 0.25) is 5.02 Å². The third-order valence-corrected chi connectivity index (χ3v) is 5.95. The fourth-order valence-corrected chi connectivity index (χ4v) is 4.01. The van der Waals surface area contributed by atoms with E-state index in [4.69, 9.17) is 16.3 Å². The summed E-state index contributed by atoms with van der Waals surface area (Å²) in [7, 11) is 0. The number of rotatable bonds is 5. The van der Waals surface area contributed by atoms with Gasteiger partial charge in [0.05, 0.1) is 11.3 Å². The number of aliphatic hydroxyl groups is 2. The normalized spacial score (nSPS) is 26.2. The Morgan fingerprint density at radius 3 is 2.71 bits per heavy atom. The third kappa shape index (κ3) is 3.55. The first-order valence-corrected chi connectivity index (χ1v) is 10.4. The number of halogens is 1.